The molecule has 0 saturated heterocycles. The quantitative estimate of drug-likeness (QED) is 0.852. The molecule has 2 rings (SSSR count). The molecule has 4 nitrogen and oxygen atoms in total. The molecule has 0 aliphatic heterocycles. The summed E-state index contributed by atoms with van der Waals surface area (Å²) in [4.78, 5) is 4.42. The van der Waals surface area contributed by atoms with Gasteiger partial charge in [0.2, 0.25) is 0 Å². The molecule has 1 heterocycles. The SMILES string of the molecule is CCOc1cccc(CC(C)N)c1OCc1nc(C)cs1. The number of para-hydroxylation sites is 1. The summed E-state index contributed by atoms with van der Waals surface area (Å²) in [6, 6.07) is 6.01. The third kappa shape index (κ3) is 4.44. The van der Waals surface area contributed by atoms with E-state index in [1.165, 1.54) is 0 Å². The number of ether oxygens (including phenoxy) is 2. The maximum absolute atomic E-state index is 5.99. The Morgan fingerprint density at radius 1 is 1.33 bits per heavy atom. The largest absolute Gasteiger partial charge is 0.490 e. The average Bonchev–Trinajstić information content (AvgIpc) is 2.83. The van der Waals surface area contributed by atoms with Gasteiger partial charge in [-0.1, -0.05) is 12.1 Å². The Morgan fingerprint density at radius 3 is 2.76 bits per heavy atom. The van der Waals surface area contributed by atoms with Gasteiger partial charge in [-0.25, -0.2) is 4.98 Å². The number of thiazole rings is 1. The monoisotopic (exact) mass is 306 g/mol. The van der Waals surface area contributed by atoms with Crippen molar-refractivity contribution in [3.8, 4) is 11.5 Å². The lowest BCUT2D eigenvalue weighted by molar-refractivity contribution is 0.266. The first-order valence-electron chi connectivity index (χ1n) is 7.14. The van der Waals surface area contributed by atoms with Crippen molar-refractivity contribution in [3.63, 3.8) is 0 Å². The number of benzene rings is 1. The fraction of sp³-hybridized carbons (Fsp3) is 0.438. The summed E-state index contributed by atoms with van der Waals surface area (Å²) in [5.74, 6) is 1.55. The summed E-state index contributed by atoms with van der Waals surface area (Å²) >= 11 is 1.61. The van der Waals surface area contributed by atoms with E-state index in [0.717, 1.165) is 34.2 Å². The van der Waals surface area contributed by atoms with Gasteiger partial charge in [-0.15, -0.1) is 11.3 Å². The Balaban J connectivity index is 2.20. The van der Waals surface area contributed by atoms with Gasteiger partial charge < -0.3 is 15.2 Å². The van der Waals surface area contributed by atoms with Crippen molar-refractivity contribution in [3.05, 3.63) is 39.8 Å². The Hall–Kier alpha value is -1.59. The van der Waals surface area contributed by atoms with E-state index < -0.39 is 0 Å². The number of rotatable bonds is 7. The molecule has 1 aromatic heterocycles. The van der Waals surface area contributed by atoms with Gasteiger partial charge in [0.05, 0.1) is 6.61 Å². The summed E-state index contributed by atoms with van der Waals surface area (Å²) in [5.41, 5.74) is 8.02. The second kappa shape index (κ2) is 7.43. The van der Waals surface area contributed by atoms with Crippen LogP contribution in [-0.2, 0) is 13.0 Å². The first kappa shape index (κ1) is 15.8. The molecule has 0 bridgehead atoms. The normalized spacial score (nSPS) is 12.2. The van der Waals surface area contributed by atoms with E-state index in [9.17, 15) is 0 Å². The van der Waals surface area contributed by atoms with Crippen molar-refractivity contribution in [2.75, 3.05) is 6.61 Å². The van der Waals surface area contributed by atoms with Crippen LogP contribution < -0.4 is 15.2 Å². The van der Waals surface area contributed by atoms with E-state index in [1.807, 2.05) is 44.4 Å². The molecule has 1 unspecified atom stereocenters. The lowest BCUT2D eigenvalue weighted by Crippen LogP contribution is -2.18. The molecule has 0 amide bonds. The van der Waals surface area contributed by atoms with Gasteiger partial charge >= 0.3 is 0 Å². The highest BCUT2D eigenvalue weighted by molar-refractivity contribution is 7.09. The zero-order valence-corrected chi connectivity index (χ0v) is 13.6. The highest BCUT2D eigenvalue weighted by atomic mass is 32.1. The van der Waals surface area contributed by atoms with Gasteiger partial charge in [0, 0.05) is 17.1 Å². The molecule has 1 aromatic carbocycles. The summed E-state index contributed by atoms with van der Waals surface area (Å²) in [6.07, 6.45) is 0.757. The van der Waals surface area contributed by atoms with Crippen molar-refractivity contribution >= 4 is 11.3 Å². The van der Waals surface area contributed by atoms with Crippen LogP contribution in [0.1, 0.15) is 30.1 Å². The minimum atomic E-state index is 0.0753. The number of nitrogens with zero attached hydrogens (tertiary/aromatic N) is 1. The van der Waals surface area contributed by atoms with Crippen molar-refractivity contribution in [1.82, 2.24) is 4.98 Å². The zero-order valence-electron chi connectivity index (χ0n) is 12.8. The second-order valence-corrected chi connectivity index (χ2v) is 5.97. The smallest absolute Gasteiger partial charge is 0.165 e. The van der Waals surface area contributed by atoms with Crippen LogP contribution in [0.2, 0.25) is 0 Å². The molecule has 21 heavy (non-hydrogen) atoms. The van der Waals surface area contributed by atoms with E-state index in [4.69, 9.17) is 15.2 Å². The summed E-state index contributed by atoms with van der Waals surface area (Å²) < 4.78 is 11.7. The lowest BCUT2D eigenvalue weighted by Gasteiger charge is -2.16. The second-order valence-electron chi connectivity index (χ2n) is 5.03. The predicted octanol–water partition coefficient (Wildman–Crippen LogP) is 3.32. The van der Waals surface area contributed by atoms with Gasteiger partial charge in [0.1, 0.15) is 11.6 Å². The van der Waals surface area contributed by atoms with Crippen LogP contribution >= 0.6 is 11.3 Å². The van der Waals surface area contributed by atoms with Gasteiger partial charge in [-0.3, -0.25) is 0 Å². The minimum Gasteiger partial charge on any atom is -0.490 e. The van der Waals surface area contributed by atoms with Gasteiger partial charge in [0.25, 0.3) is 0 Å². The minimum absolute atomic E-state index is 0.0753. The Bertz CT molecular complexity index is 581. The number of nitrogens with two attached hydrogens (primary N) is 1. The Kier molecular flexibility index (Phi) is 5.59. The molecule has 114 valence electrons. The standard InChI is InChI=1S/C16H22N2O2S/c1-4-19-14-7-5-6-13(8-11(2)17)16(14)20-9-15-18-12(3)10-21-15/h5-7,10-11H,4,8-9,17H2,1-3H3. The van der Waals surface area contributed by atoms with Crippen molar-refractivity contribution in [2.24, 2.45) is 5.73 Å². The number of hydrogen-bond donors (Lipinski definition) is 1. The molecular weight excluding hydrogens is 284 g/mol. The van der Waals surface area contributed by atoms with Gasteiger partial charge in [-0.2, -0.15) is 0 Å². The van der Waals surface area contributed by atoms with E-state index >= 15 is 0 Å². The molecule has 1 atom stereocenters. The number of aromatic nitrogens is 1. The molecular formula is C16H22N2O2S. The highest BCUT2D eigenvalue weighted by Gasteiger charge is 2.13. The van der Waals surface area contributed by atoms with Crippen LogP contribution in [0.4, 0.5) is 0 Å². The van der Waals surface area contributed by atoms with Crippen LogP contribution in [0.5, 0.6) is 11.5 Å². The van der Waals surface area contributed by atoms with Crippen LogP contribution in [0.15, 0.2) is 23.6 Å². The fourth-order valence-electron chi connectivity index (χ4n) is 2.10. The molecule has 0 aliphatic rings. The molecule has 0 radical (unpaired) electrons. The predicted molar refractivity (Wildman–Crippen MR) is 86.1 cm³/mol. The van der Waals surface area contributed by atoms with E-state index in [1.54, 1.807) is 11.3 Å². The third-order valence-electron chi connectivity index (χ3n) is 2.91. The average molecular weight is 306 g/mol. The molecule has 5 heteroatoms. The van der Waals surface area contributed by atoms with Gasteiger partial charge in [0.15, 0.2) is 11.5 Å². The van der Waals surface area contributed by atoms with Crippen LogP contribution in [0.25, 0.3) is 0 Å². The van der Waals surface area contributed by atoms with E-state index in [2.05, 4.69) is 4.98 Å². The van der Waals surface area contributed by atoms with E-state index in [0.29, 0.717) is 13.2 Å². The molecule has 2 aromatic rings. The van der Waals surface area contributed by atoms with Crippen LogP contribution in [-0.4, -0.2) is 17.6 Å². The molecule has 0 aliphatic carbocycles. The van der Waals surface area contributed by atoms with E-state index in [-0.39, 0.29) is 6.04 Å². The Labute approximate surface area is 129 Å². The maximum atomic E-state index is 5.99. The number of hydrogen-bond acceptors (Lipinski definition) is 5. The fourth-order valence-corrected chi connectivity index (χ4v) is 2.79. The van der Waals surface area contributed by atoms with Crippen molar-refractivity contribution in [1.29, 1.82) is 0 Å². The zero-order chi connectivity index (χ0) is 15.2. The maximum Gasteiger partial charge on any atom is 0.165 e. The molecule has 2 N–H and O–H groups in total. The van der Waals surface area contributed by atoms with Crippen molar-refractivity contribution < 1.29 is 9.47 Å². The third-order valence-corrected chi connectivity index (χ3v) is 3.85. The summed E-state index contributed by atoms with van der Waals surface area (Å²) in [6.45, 7) is 6.99. The Morgan fingerprint density at radius 2 is 2.14 bits per heavy atom. The summed E-state index contributed by atoms with van der Waals surface area (Å²) in [7, 11) is 0. The lowest BCUT2D eigenvalue weighted by atomic mass is 10.1. The van der Waals surface area contributed by atoms with Crippen LogP contribution in [0.3, 0.4) is 0 Å². The topological polar surface area (TPSA) is 57.4 Å². The summed E-state index contributed by atoms with van der Waals surface area (Å²) in [5, 5.41) is 2.99. The molecule has 0 spiro atoms. The van der Waals surface area contributed by atoms with Crippen LogP contribution in [0, 0.1) is 6.92 Å². The van der Waals surface area contributed by atoms with Gasteiger partial charge in [-0.05, 0) is 38.8 Å². The highest BCUT2D eigenvalue weighted by Crippen LogP contribution is 2.33. The first-order valence-corrected chi connectivity index (χ1v) is 8.02. The number of aryl methyl sites for hydroxylation is 1. The molecule has 0 saturated carbocycles. The molecule has 0 fully saturated rings. The first-order chi connectivity index (χ1) is 10.1. The van der Waals surface area contributed by atoms with Crippen molar-refractivity contribution in [2.45, 2.75) is 39.8 Å².